The Kier molecular flexibility index (Phi) is 6.56. The molecule has 0 bridgehead atoms. The molecule has 2 amide bonds. The lowest BCUT2D eigenvalue weighted by atomic mass is 9.87. The SMILES string of the molecule is Cn1c(SCC(=O)Nc2ccccc2C(=O)NC2CC2)nnc1-c1ccc(C(C)(C)C)cc1. The van der Waals surface area contributed by atoms with E-state index in [1.54, 1.807) is 24.3 Å². The number of amides is 2. The average Bonchev–Trinajstić information content (AvgIpc) is 3.52. The van der Waals surface area contributed by atoms with Crippen molar-refractivity contribution in [3.05, 3.63) is 59.7 Å². The van der Waals surface area contributed by atoms with Gasteiger partial charge in [-0.05, 0) is 36.0 Å². The van der Waals surface area contributed by atoms with Crippen molar-refractivity contribution in [1.82, 2.24) is 20.1 Å². The van der Waals surface area contributed by atoms with Gasteiger partial charge in [-0.2, -0.15) is 0 Å². The Morgan fingerprint density at radius 2 is 1.76 bits per heavy atom. The maximum atomic E-state index is 12.6. The first-order valence-electron chi connectivity index (χ1n) is 11.1. The quantitative estimate of drug-likeness (QED) is 0.507. The average molecular weight is 464 g/mol. The minimum Gasteiger partial charge on any atom is -0.349 e. The van der Waals surface area contributed by atoms with Crippen LogP contribution in [0.15, 0.2) is 53.7 Å². The van der Waals surface area contributed by atoms with Crippen molar-refractivity contribution < 1.29 is 9.59 Å². The van der Waals surface area contributed by atoms with Gasteiger partial charge in [-0.25, -0.2) is 0 Å². The Morgan fingerprint density at radius 3 is 2.42 bits per heavy atom. The van der Waals surface area contributed by atoms with Crippen LogP contribution < -0.4 is 10.6 Å². The molecule has 1 aliphatic rings. The van der Waals surface area contributed by atoms with Gasteiger partial charge in [0, 0.05) is 18.7 Å². The molecule has 1 saturated carbocycles. The molecule has 0 unspecified atom stereocenters. The summed E-state index contributed by atoms with van der Waals surface area (Å²) in [6, 6.07) is 15.6. The maximum Gasteiger partial charge on any atom is 0.253 e. The molecule has 1 aromatic heterocycles. The van der Waals surface area contributed by atoms with E-state index in [-0.39, 0.29) is 29.0 Å². The van der Waals surface area contributed by atoms with Crippen molar-refractivity contribution in [2.24, 2.45) is 7.05 Å². The number of hydrogen-bond acceptors (Lipinski definition) is 5. The first kappa shape index (κ1) is 23.0. The second kappa shape index (κ2) is 9.39. The molecule has 3 aromatic rings. The zero-order valence-corrected chi connectivity index (χ0v) is 20.2. The Labute approximate surface area is 198 Å². The first-order chi connectivity index (χ1) is 15.7. The van der Waals surface area contributed by atoms with Crippen molar-refractivity contribution in [1.29, 1.82) is 0 Å². The van der Waals surface area contributed by atoms with Crippen molar-refractivity contribution in [3.8, 4) is 11.4 Å². The van der Waals surface area contributed by atoms with Crippen LogP contribution in [0.5, 0.6) is 0 Å². The summed E-state index contributed by atoms with van der Waals surface area (Å²) in [6.45, 7) is 6.55. The van der Waals surface area contributed by atoms with Crippen LogP contribution in [0.4, 0.5) is 5.69 Å². The molecule has 7 nitrogen and oxygen atoms in total. The van der Waals surface area contributed by atoms with Crippen molar-refractivity contribution >= 4 is 29.3 Å². The van der Waals surface area contributed by atoms with E-state index in [0.717, 1.165) is 24.2 Å². The highest BCUT2D eigenvalue weighted by Gasteiger charge is 2.25. The Balaban J connectivity index is 1.39. The van der Waals surface area contributed by atoms with Gasteiger partial charge in [0.25, 0.3) is 5.91 Å². The third-order valence-electron chi connectivity index (χ3n) is 5.53. The van der Waals surface area contributed by atoms with E-state index in [0.29, 0.717) is 16.4 Å². The highest BCUT2D eigenvalue weighted by molar-refractivity contribution is 7.99. The summed E-state index contributed by atoms with van der Waals surface area (Å²) in [6.07, 6.45) is 2.02. The molecule has 0 saturated heterocycles. The predicted molar refractivity (Wildman–Crippen MR) is 131 cm³/mol. The minimum atomic E-state index is -0.203. The lowest BCUT2D eigenvalue weighted by Gasteiger charge is -2.19. The van der Waals surface area contributed by atoms with Crippen LogP contribution in [0, 0.1) is 0 Å². The number of nitrogens with one attached hydrogen (secondary N) is 2. The number of nitrogens with zero attached hydrogens (tertiary/aromatic N) is 3. The molecular weight excluding hydrogens is 434 g/mol. The summed E-state index contributed by atoms with van der Waals surface area (Å²) < 4.78 is 1.89. The monoisotopic (exact) mass is 463 g/mol. The van der Waals surface area contributed by atoms with E-state index in [1.165, 1.54) is 17.3 Å². The highest BCUT2D eigenvalue weighted by Crippen LogP contribution is 2.27. The van der Waals surface area contributed by atoms with Crippen molar-refractivity contribution in [2.75, 3.05) is 11.1 Å². The largest absolute Gasteiger partial charge is 0.349 e. The fraction of sp³-hybridized carbons (Fsp3) is 0.360. The third-order valence-corrected chi connectivity index (χ3v) is 6.55. The molecule has 1 fully saturated rings. The number of para-hydroxylation sites is 1. The van der Waals surface area contributed by atoms with Crippen molar-refractivity contribution in [2.45, 2.75) is 50.2 Å². The van der Waals surface area contributed by atoms with Gasteiger partial charge in [0.2, 0.25) is 5.91 Å². The smallest absolute Gasteiger partial charge is 0.253 e. The van der Waals surface area contributed by atoms with Gasteiger partial charge in [-0.1, -0.05) is 68.9 Å². The third kappa shape index (κ3) is 5.63. The summed E-state index contributed by atoms with van der Waals surface area (Å²) in [5.74, 6) is 0.552. The van der Waals surface area contributed by atoms with E-state index in [1.807, 2.05) is 11.6 Å². The molecule has 33 heavy (non-hydrogen) atoms. The second-order valence-electron chi connectivity index (χ2n) is 9.32. The molecule has 0 radical (unpaired) electrons. The number of carbonyl (C=O) groups is 2. The van der Waals surface area contributed by atoms with Gasteiger partial charge in [0.15, 0.2) is 11.0 Å². The second-order valence-corrected chi connectivity index (χ2v) is 10.3. The van der Waals surface area contributed by atoms with E-state index in [2.05, 4.69) is 65.9 Å². The number of hydrogen-bond donors (Lipinski definition) is 2. The normalized spacial score (nSPS) is 13.6. The molecule has 0 aliphatic heterocycles. The van der Waals surface area contributed by atoms with Crippen LogP contribution in [0.3, 0.4) is 0 Å². The Bertz CT molecular complexity index is 1160. The molecule has 0 spiro atoms. The standard InChI is InChI=1S/C25H29N5O2S/c1-25(2,3)17-11-9-16(10-12-17)22-28-29-24(30(22)4)33-15-21(31)27-20-8-6-5-7-19(20)23(32)26-18-13-14-18/h5-12,18H,13-15H2,1-4H3,(H,26,32)(H,27,31). The lowest BCUT2D eigenvalue weighted by molar-refractivity contribution is -0.113. The summed E-state index contributed by atoms with van der Waals surface area (Å²) in [4.78, 5) is 25.0. The van der Waals surface area contributed by atoms with Crippen LogP contribution in [-0.2, 0) is 17.3 Å². The van der Waals surface area contributed by atoms with Gasteiger partial charge in [0.05, 0.1) is 17.0 Å². The van der Waals surface area contributed by atoms with Crippen LogP contribution in [0.1, 0.15) is 49.5 Å². The molecule has 1 aliphatic carbocycles. The van der Waals surface area contributed by atoms with Crippen LogP contribution in [0.25, 0.3) is 11.4 Å². The van der Waals surface area contributed by atoms with Crippen LogP contribution >= 0.6 is 11.8 Å². The maximum absolute atomic E-state index is 12.6. The fourth-order valence-corrected chi connectivity index (χ4v) is 4.12. The summed E-state index contributed by atoms with van der Waals surface area (Å²) in [5.41, 5.74) is 3.31. The van der Waals surface area contributed by atoms with E-state index >= 15 is 0 Å². The fourth-order valence-electron chi connectivity index (χ4n) is 3.41. The number of carbonyl (C=O) groups excluding carboxylic acids is 2. The van der Waals surface area contributed by atoms with Gasteiger partial charge in [-0.15, -0.1) is 10.2 Å². The number of thioether (sulfide) groups is 1. The zero-order chi connectivity index (χ0) is 23.6. The number of rotatable bonds is 7. The van der Waals surface area contributed by atoms with Gasteiger partial charge in [0.1, 0.15) is 0 Å². The molecule has 1 heterocycles. The Morgan fingerprint density at radius 1 is 1.06 bits per heavy atom. The highest BCUT2D eigenvalue weighted by atomic mass is 32.2. The molecule has 4 rings (SSSR count). The van der Waals surface area contributed by atoms with Crippen LogP contribution in [-0.4, -0.2) is 38.4 Å². The number of anilines is 1. The van der Waals surface area contributed by atoms with Gasteiger partial charge < -0.3 is 15.2 Å². The molecule has 8 heteroatoms. The lowest BCUT2D eigenvalue weighted by Crippen LogP contribution is -2.27. The first-order valence-corrected chi connectivity index (χ1v) is 12.0. The predicted octanol–water partition coefficient (Wildman–Crippen LogP) is 4.40. The summed E-state index contributed by atoms with van der Waals surface area (Å²) in [5, 5.41) is 15.0. The molecule has 172 valence electrons. The number of benzene rings is 2. The molecule has 2 N–H and O–H groups in total. The van der Waals surface area contributed by atoms with Gasteiger partial charge in [-0.3, -0.25) is 9.59 Å². The summed E-state index contributed by atoms with van der Waals surface area (Å²) in [7, 11) is 1.89. The topological polar surface area (TPSA) is 88.9 Å². The van der Waals surface area contributed by atoms with E-state index in [4.69, 9.17) is 0 Å². The molecule has 0 atom stereocenters. The number of aromatic nitrogens is 3. The van der Waals surface area contributed by atoms with E-state index in [9.17, 15) is 9.59 Å². The van der Waals surface area contributed by atoms with Gasteiger partial charge >= 0.3 is 0 Å². The van der Waals surface area contributed by atoms with Crippen molar-refractivity contribution in [3.63, 3.8) is 0 Å². The Hall–Kier alpha value is -3.13. The van der Waals surface area contributed by atoms with Crippen LogP contribution in [0.2, 0.25) is 0 Å². The minimum absolute atomic E-state index is 0.0873. The van der Waals surface area contributed by atoms with E-state index < -0.39 is 0 Å². The molecule has 2 aromatic carbocycles. The summed E-state index contributed by atoms with van der Waals surface area (Å²) >= 11 is 1.31. The zero-order valence-electron chi connectivity index (χ0n) is 19.4. The molecular formula is C25H29N5O2S.